The Morgan fingerprint density at radius 3 is 3.12 bits per heavy atom. The van der Waals surface area contributed by atoms with Gasteiger partial charge in [-0.15, -0.1) is 0 Å². The number of hydrogen-bond acceptors (Lipinski definition) is 3. The lowest BCUT2D eigenvalue weighted by atomic mass is 10.1. The number of hydrogen-bond donors (Lipinski definition) is 3. The first kappa shape index (κ1) is 11.9. The first-order valence-electron chi connectivity index (χ1n) is 5.36. The first-order valence-corrected chi connectivity index (χ1v) is 6.75. The molecule has 90 valence electrons. The number of fused-ring (bicyclic) bond motifs is 1. The summed E-state index contributed by atoms with van der Waals surface area (Å²) in [4.78, 5) is 15.0. The molecule has 0 saturated heterocycles. The highest BCUT2D eigenvalue weighted by molar-refractivity contribution is 7.98. The van der Waals surface area contributed by atoms with E-state index in [1.165, 1.54) is 0 Å². The number of aromatic nitrogens is 1. The summed E-state index contributed by atoms with van der Waals surface area (Å²) in [6.07, 6.45) is 3.73. The zero-order chi connectivity index (χ0) is 12.3. The molecule has 0 aliphatic heterocycles. The van der Waals surface area contributed by atoms with Crippen LogP contribution in [-0.4, -0.2) is 29.4 Å². The molecule has 2 rings (SSSR count). The quantitative estimate of drug-likeness (QED) is 0.572. The summed E-state index contributed by atoms with van der Waals surface area (Å²) < 4.78 is 0. The number of nitrogens with two attached hydrogens (primary N) is 1. The van der Waals surface area contributed by atoms with Crippen LogP contribution < -0.4 is 11.1 Å². The van der Waals surface area contributed by atoms with Gasteiger partial charge in [0.15, 0.2) is 0 Å². The number of anilines is 1. The van der Waals surface area contributed by atoms with Crippen LogP contribution in [-0.2, 0) is 0 Å². The van der Waals surface area contributed by atoms with Gasteiger partial charge in [0.2, 0.25) is 0 Å². The average Bonchev–Trinajstić information content (AvgIpc) is 2.72. The fourth-order valence-corrected chi connectivity index (χ4v) is 1.99. The minimum absolute atomic E-state index is 0.0594. The fourth-order valence-electron chi connectivity index (χ4n) is 1.69. The maximum Gasteiger partial charge on any atom is 0.253 e. The summed E-state index contributed by atoms with van der Waals surface area (Å²) >= 11 is 1.70. The van der Waals surface area contributed by atoms with Crippen molar-refractivity contribution >= 4 is 34.3 Å². The van der Waals surface area contributed by atoms with Crippen molar-refractivity contribution in [2.45, 2.75) is 0 Å². The molecular weight excluding hydrogens is 234 g/mol. The van der Waals surface area contributed by atoms with Crippen LogP contribution in [0.3, 0.4) is 0 Å². The summed E-state index contributed by atoms with van der Waals surface area (Å²) in [6.45, 7) is 0.676. The van der Waals surface area contributed by atoms with Crippen LogP contribution >= 0.6 is 11.8 Å². The molecule has 0 aliphatic rings. The van der Waals surface area contributed by atoms with E-state index in [0.29, 0.717) is 17.8 Å². The third kappa shape index (κ3) is 2.55. The summed E-state index contributed by atoms with van der Waals surface area (Å²) in [5.74, 6) is 0.854. The van der Waals surface area contributed by atoms with Crippen molar-refractivity contribution < 1.29 is 4.79 Å². The van der Waals surface area contributed by atoms with E-state index in [1.807, 2.05) is 24.5 Å². The van der Waals surface area contributed by atoms with Crippen LogP contribution in [0, 0.1) is 0 Å². The van der Waals surface area contributed by atoms with Gasteiger partial charge in [0, 0.05) is 35.1 Å². The van der Waals surface area contributed by atoms with E-state index in [0.717, 1.165) is 16.7 Å². The van der Waals surface area contributed by atoms with Gasteiger partial charge < -0.3 is 16.0 Å². The van der Waals surface area contributed by atoms with Crippen LogP contribution in [0.15, 0.2) is 24.4 Å². The predicted molar refractivity (Wildman–Crippen MR) is 73.4 cm³/mol. The molecule has 1 amide bonds. The Morgan fingerprint density at radius 1 is 1.53 bits per heavy atom. The molecular formula is C12H15N3OS. The number of benzene rings is 1. The summed E-state index contributed by atoms with van der Waals surface area (Å²) in [7, 11) is 0. The molecule has 1 aromatic carbocycles. The molecule has 4 N–H and O–H groups in total. The van der Waals surface area contributed by atoms with Gasteiger partial charge in [-0.25, -0.2) is 0 Å². The van der Waals surface area contributed by atoms with Gasteiger partial charge in [0.05, 0.1) is 5.56 Å². The Bertz CT molecular complexity index is 536. The SMILES string of the molecule is CSCCNC(=O)c1c[nH]c2ccc(N)cc12. The first-order chi connectivity index (χ1) is 8.22. The van der Waals surface area contributed by atoms with E-state index in [9.17, 15) is 4.79 Å². The van der Waals surface area contributed by atoms with E-state index in [2.05, 4.69) is 10.3 Å². The lowest BCUT2D eigenvalue weighted by molar-refractivity contribution is 0.0958. The maximum atomic E-state index is 11.9. The number of nitrogen functional groups attached to an aromatic ring is 1. The molecule has 0 spiro atoms. The second-order valence-electron chi connectivity index (χ2n) is 3.76. The monoisotopic (exact) mass is 249 g/mol. The van der Waals surface area contributed by atoms with Crippen molar-refractivity contribution in [1.82, 2.24) is 10.3 Å². The zero-order valence-electron chi connectivity index (χ0n) is 9.62. The molecule has 2 aromatic rings. The third-order valence-corrected chi connectivity index (χ3v) is 3.15. The number of aromatic amines is 1. The van der Waals surface area contributed by atoms with Crippen LogP contribution in [0.1, 0.15) is 10.4 Å². The van der Waals surface area contributed by atoms with Crippen molar-refractivity contribution in [3.8, 4) is 0 Å². The normalized spacial score (nSPS) is 10.6. The van der Waals surface area contributed by atoms with Crippen LogP contribution in [0.5, 0.6) is 0 Å². The molecule has 1 heterocycles. The topological polar surface area (TPSA) is 70.9 Å². The molecule has 0 atom stereocenters. The van der Waals surface area contributed by atoms with E-state index in [1.54, 1.807) is 18.0 Å². The Morgan fingerprint density at radius 2 is 2.35 bits per heavy atom. The standard InChI is InChI=1S/C12H15N3OS/c1-17-5-4-14-12(16)10-7-15-11-3-2-8(13)6-9(10)11/h2-3,6-7,15H,4-5,13H2,1H3,(H,14,16). The lowest BCUT2D eigenvalue weighted by Gasteiger charge is -2.03. The Kier molecular flexibility index (Phi) is 3.58. The third-order valence-electron chi connectivity index (χ3n) is 2.54. The molecule has 0 fully saturated rings. The molecule has 0 radical (unpaired) electrons. The number of H-pyrrole nitrogens is 1. The molecule has 4 nitrogen and oxygen atoms in total. The Balaban J connectivity index is 2.23. The van der Waals surface area contributed by atoms with Crippen molar-refractivity contribution in [2.75, 3.05) is 24.3 Å². The molecule has 17 heavy (non-hydrogen) atoms. The smallest absolute Gasteiger partial charge is 0.253 e. The largest absolute Gasteiger partial charge is 0.399 e. The summed E-state index contributed by atoms with van der Waals surface area (Å²) in [5, 5.41) is 3.74. The minimum Gasteiger partial charge on any atom is -0.399 e. The maximum absolute atomic E-state index is 11.9. The van der Waals surface area contributed by atoms with Crippen LogP contribution in [0.4, 0.5) is 5.69 Å². The highest BCUT2D eigenvalue weighted by atomic mass is 32.2. The van der Waals surface area contributed by atoms with Crippen LogP contribution in [0.25, 0.3) is 10.9 Å². The van der Waals surface area contributed by atoms with Crippen molar-refractivity contribution in [1.29, 1.82) is 0 Å². The average molecular weight is 249 g/mol. The van der Waals surface area contributed by atoms with Gasteiger partial charge in [0.25, 0.3) is 5.91 Å². The Labute approximate surface area is 104 Å². The van der Waals surface area contributed by atoms with Gasteiger partial charge in [0.1, 0.15) is 0 Å². The zero-order valence-corrected chi connectivity index (χ0v) is 10.4. The molecule has 0 saturated carbocycles. The number of nitrogens with one attached hydrogen (secondary N) is 2. The Hall–Kier alpha value is -1.62. The highest BCUT2D eigenvalue weighted by Gasteiger charge is 2.11. The molecule has 5 heteroatoms. The lowest BCUT2D eigenvalue weighted by Crippen LogP contribution is -2.25. The second kappa shape index (κ2) is 5.14. The molecule has 1 aromatic heterocycles. The fraction of sp³-hybridized carbons (Fsp3) is 0.250. The van der Waals surface area contributed by atoms with Gasteiger partial charge in [-0.1, -0.05) is 0 Å². The van der Waals surface area contributed by atoms with E-state index in [-0.39, 0.29) is 5.91 Å². The molecule has 0 bridgehead atoms. The van der Waals surface area contributed by atoms with Gasteiger partial charge >= 0.3 is 0 Å². The van der Waals surface area contributed by atoms with Gasteiger partial charge in [-0.3, -0.25) is 4.79 Å². The van der Waals surface area contributed by atoms with Crippen LogP contribution in [0.2, 0.25) is 0 Å². The highest BCUT2D eigenvalue weighted by Crippen LogP contribution is 2.20. The van der Waals surface area contributed by atoms with E-state index in [4.69, 9.17) is 5.73 Å². The number of carbonyl (C=O) groups excluding carboxylic acids is 1. The second-order valence-corrected chi connectivity index (χ2v) is 4.74. The molecule has 0 unspecified atom stereocenters. The van der Waals surface area contributed by atoms with Crippen molar-refractivity contribution in [3.05, 3.63) is 30.0 Å². The van der Waals surface area contributed by atoms with E-state index < -0.39 is 0 Å². The van der Waals surface area contributed by atoms with E-state index >= 15 is 0 Å². The number of carbonyl (C=O) groups is 1. The van der Waals surface area contributed by atoms with Gasteiger partial charge in [-0.2, -0.15) is 11.8 Å². The number of rotatable bonds is 4. The summed E-state index contributed by atoms with van der Waals surface area (Å²) in [5.41, 5.74) is 7.96. The summed E-state index contributed by atoms with van der Waals surface area (Å²) in [6, 6.07) is 5.51. The molecule has 0 aliphatic carbocycles. The minimum atomic E-state index is -0.0594. The van der Waals surface area contributed by atoms with Gasteiger partial charge in [-0.05, 0) is 24.5 Å². The predicted octanol–water partition coefficient (Wildman–Crippen LogP) is 1.84. The van der Waals surface area contributed by atoms with Crippen molar-refractivity contribution in [2.24, 2.45) is 0 Å². The van der Waals surface area contributed by atoms with Crippen molar-refractivity contribution in [3.63, 3.8) is 0 Å². The number of thioether (sulfide) groups is 1. The number of amides is 1.